The van der Waals surface area contributed by atoms with E-state index in [1.807, 2.05) is 146 Å². The number of pyridine rings is 1. The van der Waals surface area contributed by atoms with E-state index in [1.54, 1.807) is 6.07 Å². The second-order valence-corrected chi connectivity index (χ2v) is 18.6. The molecule has 0 bridgehead atoms. The van der Waals surface area contributed by atoms with Gasteiger partial charge >= 0.3 is 0 Å². The monoisotopic (exact) mass is 914 g/mol. The van der Waals surface area contributed by atoms with Crippen LogP contribution in [0.4, 0.5) is 0 Å². The summed E-state index contributed by atoms with van der Waals surface area (Å²) >= 11 is 0. The van der Waals surface area contributed by atoms with Crippen molar-refractivity contribution in [2.45, 2.75) is 72.9 Å². The fourth-order valence-electron chi connectivity index (χ4n) is 9.01. The molecule has 340 valence electrons. The third-order valence-corrected chi connectivity index (χ3v) is 12.6. The van der Waals surface area contributed by atoms with Gasteiger partial charge < -0.3 is 5.11 Å². The van der Waals surface area contributed by atoms with Crippen LogP contribution >= 0.6 is 0 Å². The molecule has 0 spiro atoms. The van der Waals surface area contributed by atoms with Crippen LogP contribution in [-0.2, 0) is 10.8 Å². The predicted octanol–water partition coefficient (Wildman–Crippen LogP) is 17.3. The van der Waals surface area contributed by atoms with Crippen molar-refractivity contribution in [3.63, 3.8) is 0 Å². The Labute approximate surface area is 430 Å². The van der Waals surface area contributed by atoms with Gasteiger partial charge in [0.25, 0.3) is 0 Å². The number of aromatic hydroxyl groups is 1. The van der Waals surface area contributed by atoms with E-state index < -0.39 is 62.6 Å². The van der Waals surface area contributed by atoms with E-state index in [0.717, 1.165) is 27.8 Å². The predicted molar refractivity (Wildman–Crippen MR) is 290 cm³/mol. The molecule has 0 amide bonds. The summed E-state index contributed by atoms with van der Waals surface area (Å²) in [7, 11) is 0. The molecule has 2 aromatic heterocycles. The first-order chi connectivity index (χ1) is 39.7. The first kappa shape index (κ1) is 29.8. The second-order valence-electron chi connectivity index (χ2n) is 18.6. The molecule has 0 atom stereocenters. The third-order valence-electron chi connectivity index (χ3n) is 12.6. The van der Waals surface area contributed by atoms with Crippen molar-refractivity contribution in [1.29, 1.82) is 0 Å². The number of phenols is 1. The van der Waals surface area contributed by atoms with Gasteiger partial charge in [0.05, 0.1) is 33.5 Å². The summed E-state index contributed by atoms with van der Waals surface area (Å²) in [5.41, 5.74) is 5.45. The molecule has 1 N–H and O–H groups in total. The number of aryl methyl sites for hydroxylation is 3. The van der Waals surface area contributed by atoms with Gasteiger partial charge in [0, 0.05) is 39.3 Å². The molecular formula is C65H59N3O. The summed E-state index contributed by atoms with van der Waals surface area (Å²) in [5, 5.41) is 12.1. The number of aromatic nitrogens is 3. The lowest BCUT2D eigenvalue weighted by atomic mass is 9.85. The van der Waals surface area contributed by atoms with Gasteiger partial charge in [-0.05, 0) is 158 Å². The summed E-state index contributed by atoms with van der Waals surface area (Å²) in [6.07, 6.45) is 1.40. The van der Waals surface area contributed by atoms with Crippen LogP contribution in [0.25, 0.3) is 95.0 Å². The van der Waals surface area contributed by atoms with Gasteiger partial charge in [-0.25, -0.2) is 4.98 Å². The zero-order chi connectivity index (χ0) is 61.7. The van der Waals surface area contributed by atoms with E-state index in [-0.39, 0.29) is 33.5 Å². The minimum Gasteiger partial charge on any atom is -0.507 e. The van der Waals surface area contributed by atoms with Crippen LogP contribution in [0.15, 0.2) is 188 Å². The average molecular weight is 914 g/mol. The van der Waals surface area contributed by atoms with Crippen molar-refractivity contribution in [2.24, 2.45) is 0 Å². The fourth-order valence-corrected chi connectivity index (χ4v) is 9.01. The Hall–Kier alpha value is -7.82. The zero-order valence-corrected chi connectivity index (χ0v) is 38.9. The van der Waals surface area contributed by atoms with E-state index in [9.17, 15) is 7.85 Å². The number of phenolic OH excluding ortho intramolecular Hbond substituents is 1. The molecule has 2 heterocycles. The molecule has 0 fully saturated rings. The highest BCUT2D eigenvalue weighted by atomic mass is 16.3. The van der Waals surface area contributed by atoms with E-state index in [2.05, 4.69) is 32.9 Å². The fraction of sp³-hybridized carbons (Fsp3) is 0.169. The third kappa shape index (κ3) is 8.80. The standard InChI is InChI=1S/C65H59N3O/c1-41-33-43(3)62(69)57(34-41)63-67-61-54(50-36-49(44-17-12-10-13-18-44)37-51(38-50)58-39-48(31-32-66-58)45-23-27-52(28-24-45)64(4,5)6)21-16-22-59(61)68(63)60-35-42(2)55(46-19-14-11-15-20-46)40-56(60)47-25-29-53(30-26-47)65(7,8)9/h10-40,69H,1-9H3/i2D3,4D3,5D3,6D3,23D,24D,27D,28D. The summed E-state index contributed by atoms with van der Waals surface area (Å²) in [5.74, 6) is 0.315. The SMILES string of the molecule is [2H]c1c([2H])c(C(C([2H])([2H])[2H])(C([2H])([2H])[2H])C([2H])([2H])[2H])c([2H])c([2H])c1-c1ccnc(-c2cc(-c3ccccc3)cc(-c3cccc4c3nc(-c3cc(C)cc(C)c3O)n4-c3cc(C([2H])([2H])[2H])c(-c4ccccc4)cc3-c3ccc(C(C)(C)C)cc3)c2)c1. The molecule has 0 aliphatic carbocycles. The number of imidazole rings is 1. The molecular weight excluding hydrogens is 839 g/mol. The summed E-state index contributed by atoms with van der Waals surface area (Å²) in [6, 6.07) is 44.9. The molecule has 4 heteroatoms. The molecule has 0 unspecified atom stereocenters. The largest absolute Gasteiger partial charge is 0.507 e. The highest BCUT2D eigenvalue weighted by Gasteiger charge is 2.25. The van der Waals surface area contributed by atoms with E-state index in [1.165, 1.54) is 18.3 Å². The minimum atomic E-state index is -3.84. The Morgan fingerprint density at radius 2 is 1.19 bits per heavy atom. The second kappa shape index (κ2) is 17.7. The maximum absolute atomic E-state index is 12.1. The summed E-state index contributed by atoms with van der Waals surface area (Å²) in [4.78, 5) is 10.2. The number of fused-ring (bicyclic) bond motifs is 1. The molecule has 8 aromatic carbocycles. The number of para-hydroxylation sites is 1. The quantitative estimate of drug-likeness (QED) is 0.165. The van der Waals surface area contributed by atoms with Crippen LogP contribution in [0.1, 0.15) is 91.1 Å². The lowest BCUT2D eigenvalue weighted by Crippen LogP contribution is -2.10. The number of hydrogen-bond donors (Lipinski definition) is 1. The average Bonchev–Trinajstić information content (AvgIpc) is 1.30. The molecule has 0 saturated heterocycles. The van der Waals surface area contributed by atoms with Crippen LogP contribution < -0.4 is 0 Å². The number of rotatable bonds is 8. The molecule has 10 rings (SSSR count). The van der Waals surface area contributed by atoms with E-state index in [4.69, 9.17) is 29.2 Å². The molecule has 4 nitrogen and oxygen atoms in total. The summed E-state index contributed by atoms with van der Waals surface area (Å²) < 4.78 is 140. The zero-order valence-electron chi connectivity index (χ0n) is 54.9. The Balaban J connectivity index is 1.25. The van der Waals surface area contributed by atoms with Crippen molar-refractivity contribution in [2.75, 3.05) is 0 Å². The Morgan fingerprint density at radius 3 is 1.88 bits per heavy atom. The summed E-state index contributed by atoms with van der Waals surface area (Å²) in [6.45, 7) is -3.98. The van der Waals surface area contributed by atoms with Gasteiger partial charge in [-0.2, -0.15) is 0 Å². The first-order valence-corrected chi connectivity index (χ1v) is 22.7. The van der Waals surface area contributed by atoms with Crippen LogP contribution in [0.3, 0.4) is 0 Å². The number of hydrogen-bond acceptors (Lipinski definition) is 3. The van der Waals surface area contributed by atoms with Crippen LogP contribution in [-0.4, -0.2) is 19.6 Å². The van der Waals surface area contributed by atoms with Crippen molar-refractivity contribution >= 4 is 11.0 Å². The topological polar surface area (TPSA) is 50.9 Å². The highest BCUT2D eigenvalue weighted by molar-refractivity contribution is 5.99. The van der Waals surface area contributed by atoms with Gasteiger partial charge in [-0.3, -0.25) is 9.55 Å². The minimum absolute atomic E-state index is 0.0152. The van der Waals surface area contributed by atoms with E-state index >= 15 is 0 Å². The van der Waals surface area contributed by atoms with Crippen molar-refractivity contribution in [1.82, 2.24) is 14.5 Å². The lowest BCUT2D eigenvalue weighted by Gasteiger charge is -2.21. The number of nitrogens with zero attached hydrogens (tertiary/aromatic N) is 3. The molecule has 0 radical (unpaired) electrons. The molecule has 0 aliphatic rings. The van der Waals surface area contributed by atoms with Gasteiger partial charge in [0.2, 0.25) is 0 Å². The first-order valence-electron chi connectivity index (χ1n) is 30.7. The van der Waals surface area contributed by atoms with Gasteiger partial charge in [0.1, 0.15) is 11.6 Å². The van der Waals surface area contributed by atoms with Crippen molar-refractivity contribution in [3.8, 4) is 89.7 Å². The Kier molecular flexibility index (Phi) is 7.64. The highest BCUT2D eigenvalue weighted by Crippen LogP contribution is 2.44. The van der Waals surface area contributed by atoms with Crippen molar-refractivity contribution < 1.29 is 27.0 Å². The van der Waals surface area contributed by atoms with Crippen LogP contribution in [0.2, 0.25) is 0 Å². The maximum atomic E-state index is 12.1. The lowest BCUT2D eigenvalue weighted by molar-refractivity contribution is 0.472. The van der Waals surface area contributed by atoms with Crippen LogP contribution in [0.5, 0.6) is 5.75 Å². The Morgan fingerprint density at radius 1 is 0.507 bits per heavy atom. The van der Waals surface area contributed by atoms with Gasteiger partial charge in [-0.15, -0.1) is 0 Å². The molecule has 10 aromatic rings. The molecule has 0 aliphatic heterocycles. The normalized spacial score (nSPS) is 16.0. The van der Waals surface area contributed by atoms with Gasteiger partial charge in [0.15, 0.2) is 0 Å². The molecule has 0 saturated carbocycles. The maximum Gasteiger partial charge on any atom is 0.149 e. The van der Waals surface area contributed by atoms with Crippen molar-refractivity contribution in [3.05, 3.63) is 216 Å². The van der Waals surface area contributed by atoms with Gasteiger partial charge in [-0.1, -0.05) is 169 Å². The molecule has 69 heavy (non-hydrogen) atoms. The Bertz CT molecular complexity index is 4170. The van der Waals surface area contributed by atoms with E-state index in [0.29, 0.717) is 67.1 Å². The number of benzene rings is 8. The smallest absolute Gasteiger partial charge is 0.149 e. The van der Waals surface area contributed by atoms with Crippen LogP contribution in [0, 0.1) is 20.7 Å².